The number of aromatic nitrogens is 2. The molecule has 0 aliphatic heterocycles. The molecular weight excluding hydrogens is 200 g/mol. The van der Waals surface area contributed by atoms with Crippen LogP contribution in [0.4, 0.5) is 0 Å². The Bertz CT molecular complexity index is 439. The Labute approximate surface area is 94.8 Å². The summed E-state index contributed by atoms with van der Waals surface area (Å²) in [5.74, 6) is 0. The van der Waals surface area contributed by atoms with Crippen LogP contribution >= 0.6 is 0 Å². The lowest BCUT2D eigenvalue weighted by atomic mass is 10.0. The van der Waals surface area contributed by atoms with E-state index in [4.69, 9.17) is 0 Å². The molecule has 2 aromatic rings. The van der Waals surface area contributed by atoms with Crippen molar-refractivity contribution in [1.29, 1.82) is 0 Å². The van der Waals surface area contributed by atoms with Gasteiger partial charge in [-0.1, -0.05) is 31.2 Å². The summed E-state index contributed by atoms with van der Waals surface area (Å²) in [5, 5.41) is 10.1. The third-order valence-corrected chi connectivity index (χ3v) is 2.60. The molecule has 0 radical (unpaired) electrons. The van der Waals surface area contributed by atoms with Gasteiger partial charge >= 0.3 is 0 Å². The lowest BCUT2D eigenvalue weighted by Crippen LogP contribution is -2.00. The minimum atomic E-state index is -0.646. The lowest BCUT2D eigenvalue weighted by Gasteiger charge is -2.10. The van der Waals surface area contributed by atoms with Gasteiger partial charge in [-0.2, -0.15) is 0 Å². The van der Waals surface area contributed by atoms with E-state index in [-0.39, 0.29) is 0 Å². The van der Waals surface area contributed by atoms with Crippen LogP contribution in [0.3, 0.4) is 0 Å². The summed E-state index contributed by atoms with van der Waals surface area (Å²) in [6.45, 7) is 2.11. The molecule has 0 aliphatic rings. The van der Waals surface area contributed by atoms with Crippen molar-refractivity contribution in [3.05, 3.63) is 59.7 Å². The van der Waals surface area contributed by atoms with Crippen molar-refractivity contribution in [3.63, 3.8) is 0 Å². The quantitative estimate of drug-likeness (QED) is 0.851. The van der Waals surface area contributed by atoms with E-state index in [0.717, 1.165) is 12.0 Å². The zero-order valence-corrected chi connectivity index (χ0v) is 9.17. The van der Waals surface area contributed by atoms with Crippen molar-refractivity contribution in [2.75, 3.05) is 0 Å². The van der Waals surface area contributed by atoms with E-state index in [1.807, 2.05) is 24.3 Å². The van der Waals surface area contributed by atoms with E-state index >= 15 is 0 Å². The fourth-order valence-corrected chi connectivity index (χ4v) is 1.58. The Kier molecular flexibility index (Phi) is 3.27. The van der Waals surface area contributed by atoms with Gasteiger partial charge in [0.15, 0.2) is 0 Å². The molecule has 1 unspecified atom stereocenters. The molecule has 0 saturated carbocycles. The van der Waals surface area contributed by atoms with Crippen molar-refractivity contribution in [1.82, 2.24) is 9.97 Å². The first-order valence-electron chi connectivity index (χ1n) is 5.33. The first kappa shape index (κ1) is 10.8. The Balaban J connectivity index is 2.24. The highest BCUT2D eigenvalue weighted by molar-refractivity contribution is 5.29. The number of hydrogen-bond donors (Lipinski definition) is 1. The van der Waals surface area contributed by atoms with E-state index in [1.165, 1.54) is 11.9 Å². The fraction of sp³-hybridized carbons (Fsp3) is 0.231. The second kappa shape index (κ2) is 4.86. The van der Waals surface area contributed by atoms with Crippen LogP contribution in [0.2, 0.25) is 0 Å². The second-order valence-corrected chi connectivity index (χ2v) is 3.67. The number of aliphatic hydroxyl groups excluding tert-OH is 1. The monoisotopic (exact) mass is 214 g/mol. The van der Waals surface area contributed by atoms with Crippen molar-refractivity contribution < 1.29 is 5.11 Å². The highest BCUT2D eigenvalue weighted by Gasteiger charge is 2.10. The standard InChI is InChI=1S/C13H14N2O/c1-2-10-3-5-11(6-4-10)13(16)12-7-14-9-15-8-12/h3-9,13,16H,2H2,1H3. The third-order valence-electron chi connectivity index (χ3n) is 2.60. The summed E-state index contributed by atoms with van der Waals surface area (Å²) in [5.41, 5.74) is 2.85. The van der Waals surface area contributed by atoms with Gasteiger partial charge in [0, 0.05) is 18.0 Å². The Morgan fingerprint density at radius 1 is 1.06 bits per heavy atom. The van der Waals surface area contributed by atoms with Crippen molar-refractivity contribution >= 4 is 0 Å². The molecule has 1 aromatic carbocycles. The van der Waals surface area contributed by atoms with E-state index < -0.39 is 6.10 Å². The van der Waals surface area contributed by atoms with Crippen LogP contribution in [0, 0.1) is 0 Å². The van der Waals surface area contributed by atoms with Gasteiger partial charge in [0.2, 0.25) is 0 Å². The van der Waals surface area contributed by atoms with Crippen LogP contribution in [0.25, 0.3) is 0 Å². The summed E-state index contributed by atoms with van der Waals surface area (Å²) in [6.07, 6.45) is 5.07. The molecule has 0 saturated heterocycles. The molecule has 1 atom stereocenters. The van der Waals surface area contributed by atoms with Crippen LogP contribution in [0.15, 0.2) is 43.0 Å². The van der Waals surface area contributed by atoms with Gasteiger partial charge < -0.3 is 5.11 Å². The number of hydrogen-bond acceptors (Lipinski definition) is 3. The average Bonchev–Trinajstić information content (AvgIpc) is 2.39. The fourth-order valence-electron chi connectivity index (χ4n) is 1.58. The summed E-state index contributed by atoms with van der Waals surface area (Å²) < 4.78 is 0. The molecule has 16 heavy (non-hydrogen) atoms. The molecule has 1 heterocycles. The van der Waals surface area contributed by atoms with E-state index in [0.29, 0.717) is 5.56 Å². The van der Waals surface area contributed by atoms with Gasteiger partial charge in [-0.25, -0.2) is 9.97 Å². The summed E-state index contributed by atoms with van der Waals surface area (Å²) in [4.78, 5) is 7.79. The Morgan fingerprint density at radius 2 is 1.69 bits per heavy atom. The normalized spacial score (nSPS) is 12.4. The van der Waals surface area contributed by atoms with Gasteiger partial charge in [0.25, 0.3) is 0 Å². The van der Waals surface area contributed by atoms with E-state index in [9.17, 15) is 5.11 Å². The summed E-state index contributed by atoms with van der Waals surface area (Å²) in [7, 11) is 0. The number of rotatable bonds is 3. The minimum absolute atomic E-state index is 0.646. The van der Waals surface area contributed by atoms with Crippen LogP contribution in [-0.2, 0) is 6.42 Å². The molecule has 3 heteroatoms. The maximum absolute atomic E-state index is 10.1. The molecule has 3 nitrogen and oxygen atoms in total. The van der Waals surface area contributed by atoms with Gasteiger partial charge in [-0.05, 0) is 17.5 Å². The van der Waals surface area contributed by atoms with Crippen molar-refractivity contribution in [2.24, 2.45) is 0 Å². The summed E-state index contributed by atoms with van der Waals surface area (Å²) >= 11 is 0. The number of aryl methyl sites for hydroxylation is 1. The summed E-state index contributed by atoms with van der Waals surface area (Å²) in [6, 6.07) is 7.94. The average molecular weight is 214 g/mol. The molecule has 1 N–H and O–H groups in total. The van der Waals surface area contributed by atoms with Crippen molar-refractivity contribution in [3.8, 4) is 0 Å². The first-order valence-corrected chi connectivity index (χ1v) is 5.33. The van der Waals surface area contributed by atoms with E-state index in [1.54, 1.807) is 12.4 Å². The molecule has 1 aromatic heterocycles. The van der Waals surface area contributed by atoms with Crippen LogP contribution in [0.5, 0.6) is 0 Å². The molecule has 0 aliphatic carbocycles. The topological polar surface area (TPSA) is 46.0 Å². The second-order valence-electron chi connectivity index (χ2n) is 3.67. The van der Waals surface area contributed by atoms with E-state index in [2.05, 4.69) is 16.9 Å². The molecular formula is C13H14N2O. The van der Waals surface area contributed by atoms with Crippen LogP contribution < -0.4 is 0 Å². The largest absolute Gasteiger partial charge is 0.384 e. The highest BCUT2D eigenvalue weighted by atomic mass is 16.3. The van der Waals surface area contributed by atoms with Crippen LogP contribution in [0.1, 0.15) is 29.7 Å². The SMILES string of the molecule is CCc1ccc(C(O)c2cncnc2)cc1. The Hall–Kier alpha value is -1.74. The maximum Gasteiger partial charge on any atom is 0.115 e. The zero-order valence-electron chi connectivity index (χ0n) is 9.17. The molecule has 0 spiro atoms. The number of benzene rings is 1. The number of aliphatic hydroxyl groups is 1. The third kappa shape index (κ3) is 2.25. The lowest BCUT2D eigenvalue weighted by molar-refractivity contribution is 0.219. The predicted molar refractivity (Wildman–Crippen MR) is 61.9 cm³/mol. The zero-order chi connectivity index (χ0) is 11.4. The van der Waals surface area contributed by atoms with Gasteiger partial charge in [-0.3, -0.25) is 0 Å². The van der Waals surface area contributed by atoms with Gasteiger partial charge in [0.1, 0.15) is 12.4 Å². The molecule has 0 bridgehead atoms. The smallest absolute Gasteiger partial charge is 0.115 e. The predicted octanol–water partition coefficient (Wildman–Crippen LogP) is 2.12. The molecule has 0 fully saturated rings. The van der Waals surface area contributed by atoms with Gasteiger partial charge in [0.05, 0.1) is 0 Å². The maximum atomic E-state index is 10.1. The molecule has 82 valence electrons. The first-order chi connectivity index (χ1) is 7.81. The Morgan fingerprint density at radius 3 is 2.25 bits per heavy atom. The minimum Gasteiger partial charge on any atom is -0.384 e. The molecule has 0 amide bonds. The number of nitrogens with zero attached hydrogens (tertiary/aromatic N) is 2. The van der Waals surface area contributed by atoms with Crippen molar-refractivity contribution in [2.45, 2.75) is 19.4 Å². The molecule has 2 rings (SSSR count). The highest BCUT2D eigenvalue weighted by Crippen LogP contribution is 2.20. The van der Waals surface area contributed by atoms with Gasteiger partial charge in [-0.15, -0.1) is 0 Å². The van der Waals surface area contributed by atoms with Crippen LogP contribution in [-0.4, -0.2) is 15.1 Å².